The van der Waals surface area contributed by atoms with Crippen LogP contribution in [0.2, 0.25) is 0 Å². The zero-order valence-corrected chi connectivity index (χ0v) is 30.3. The Hall–Kier alpha value is -6.52. The van der Waals surface area contributed by atoms with E-state index < -0.39 is 35.8 Å². The van der Waals surface area contributed by atoms with E-state index in [0.717, 1.165) is 23.9 Å². The number of benzene rings is 4. The summed E-state index contributed by atoms with van der Waals surface area (Å²) in [5, 5.41) is 0. The first kappa shape index (κ1) is 40.3. The molecule has 0 aliphatic carbocycles. The van der Waals surface area contributed by atoms with Crippen LogP contribution in [0.25, 0.3) is 0 Å². The molecule has 0 aliphatic heterocycles. The summed E-state index contributed by atoms with van der Waals surface area (Å²) in [5.74, 6) is -3.85. The zero-order valence-electron chi connectivity index (χ0n) is 28.6. The maximum Gasteiger partial charge on any atom is 0.343 e. The maximum absolute atomic E-state index is 13.3. The normalized spacial score (nSPS) is 10.2. The van der Waals surface area contributed by atoms with Crippen LogP contribution in [-0.4, -0.2) is 63.6 Å². The molecule has 16 heteroatoms. The molecule has 0 N–H and O–H groups in total. The first-order valence-corrected chi connectivity index (χ1v) is 16.6. The summed E-state index contributed by atoms with van der Waals surface area (Å²) in [5.41, 5.74) is 0.358. The quantitative estimate of drug-likeness (QED) is 0.0336. The molecule has 0 heterocycles. The number of methoxy groups -OCH3 is 2. The molecule has 0 aromatic heterocycles. The minimum Gasteiger partial charge on any atom is -0.465 e. The molecule has 4 aromatic carbocycles. The van der Waals surface area contributed by atoms with Crippen LogP contribution in [0, 0.1) is 0 Å². The van der Waals surface area contributed by atoms with E-state index in [1.807, 2.05) is 0 Å². The van der Waals surface area contributed by atoms with E-state index in [0.29, 0.717) is 11.5 Å². The van der Waals surface area contributed by atoms with Gasteiger partial charge in [0, 0.05) is 17.0 Å². The van der Waals surface area contributed by atoms with Crippen LogP contribution in [-0.2, 0) is 28.5 Å². The highest BCUT2D eigenvalue weighted by atomic mass is 32.2. The molecule has 0 aliphatic rings. The fourth-order valence-electron chi connectivity index (χ4n) is 4.15. The number of carbonyl (C=O) groups is 6. The van der Waals surface area contributed by atoms with Crippen molar-refractivity contribution in [3.8, 4) is 23.0 Å². The predicted molar refractivity (Wildman–Crippen MR) is 193 cm³/mol. The summed E-state index contributed by atoms with van der Waals surface area (Å²) in [7, 11) is 2.38. The molecule has 0 bridgehead atoms. The second-order valence-electron chi connectivity index (χ2n) is 10.3. The topological polar surface area (TPSA) is 176 Å². The van der Waals surface area contributed by atoms with E-state index in [-0.39, 0.29) is 62.0 Å². The molecule has 4 rings (SSSR count). The van der Waals surface area contributed by atoms with Crippen LogP contribution in [0.3, 0.4) is 0 Å². The van der Waals surface area contributed by atoms with Crippen molar-refractivity contribution in [1.82, 2.24) is 0 Å². The third-order valence-electron chi connectivity index (χ3n) is 6.81. The summed E-state index contributed by atoms with van der Waals surface area (Å²) in [6.07, 6.45) is 1.97. The fourth-order valence-corrected chi connectivity index (χ4v) is 5.60. The van der Waals surface area contributed by atoms with E-state index in [4.69, 9.17) is 37.9 Å². The van der Waals surface area contributed by atoms with Crippen molar-refractivity contribution in [2.75, 3.05) is 27.8 Å². The highest BCUT2D eigenvalue weighted by molar-refractivity contribution is 7.99. The predicted octanol–water partition coefficient (Wildman–Crippen LogP) is 6.27. The van der Waals surface area contributed by atoms with Crippen LogP contribution in [0.4, 0.5) is 0 Å². The van der Waals surface area contributed by atoms with Gasteiger partial charge in [0.2, 0.25) is 13.6 Å². The number of ether oxygens (including phenoxy) is 8. The molecular formula is C38H30O14S2. The molecule has 0 spiro atoms. The van der Waals surface area contributed by atoms with E-state index in [1.165, 1.54) is 93.1 Å². The second-order valence-corrected chi connectivity index (χ2v) is 11.8. The van der Waals surface area contributed by atoms with Gasteiger partial charge in [0.25, 0.3) is 0 Å². The first-order chi connectivity index (χ1) is 26.0. The third-order valence-corrected chi connectivity index (χ3v) is 8.20. The molecule has 0 unspecified atom stereocenters. The molecule has 4 aromatic rings. The van der Waals surface area contributed by atoms with Gasteiger partial charge in [0.1, 0.15) is 17.2 Å². The van der Waals surface area contributed by atoms with Crippen LogP contribution >= 0.6 is 24.4 Å². The van der Waals surface area contributed by atoms with Gasteiger partial charge in [-0.25, -0.2) is 28.8 Å². The Morgan fingerprint density at radius 3 is 1.56 bits per heavy atom. The third kappa shape index (κ3) is 11.0. The lowest BCUT2D eigenvalue weighted by Crippen LogP contribution is -2.12. The Bertz CT molecular complexity index is 2080. The van der Waals surface area contributed by atoms with Gasteiger partial charge >= 0.3 is 35.8 Å². The molecule has 0 atom stereocenters. The lowest BCUT2D eigenvalue weighted by molar-refractivity contribution is -0.145. The van der Waals surface area contributed by atoms with Crippen molar-refractivity contribution in [2.24, 2.45) is 0 Å². The van der Waals surface area contributed by atoms with Crippen LogP contribution in [0.1, 0.15) is 41.4 Å². The van der Waals surface area contributed by atoms with Crippen molar-refractivity contribution in [3.05, 3.63) is 126 Å². The lowest BCUT2D eigenvalue weighted by atomic mass is 10.2. The van der Waals surface area contributed by atoms with Gasteiger partial charge in [-0.1, -0.05) is 24.9 Å². The number of hydrogen-bond donors (Lipinski definition) is 1. The van der Waals surface area contributed by atoms with Crippen molar-refractivity contribution < 1.29 is 66.7 Å². The molecule has 14 nitrogen and oxygen atoms in total. The van der Waals surface area contributed by atoms with Gasteiger partial charge in [0.15, 0.2) is 5.75 Å². The Morgan fingerprint density at radius 2 is 1.06 bits per heavy atom. The molecule has 0 fully saturated rings. The first-order valence-electron chi connectivity index (χ1n) is 15.3. The Morgan fingerprint density at radius 1 is 0.593 bits per heavy atom. The average Bonchev–Trinajstić information content (AvgIpc) is 3.19. The van der Waals surface area contributed by atoms with Crippen molar-refractivity contribution >= 4 is 60.2 Å². The molecule has 0 radical (unpaired) electrons. The van der Waals surface area contributed by atoms with Gasteiger partial charge in [-0.15, -0.1) is 12.6 Å². The largest absolute Gasteiger partial charge is 0.465 e. The molecule has 0 saturated heterocycles. The van der Waals surface area contributed by atoms with E-state index >= 15 is 0 Å². The molecule has 0 saturated carbocycles. The monoisotopic (exact) mass is 774 g/mol. The molecule has 0 amide bonds. The Labute approximate surface area is 317 Å². The van der Waals surface area contributed by atoms with Crippen molar-refractivity contribution in [3.63, 3.8) is 0 Å². The van der Waals surface area contributed by atoms with Gasteiger partial charge in [-0.05, 0) is 78.9 Å². The second kappa shape index (κ2) is 19.4. The van der Waals surface area contributed by atoms with Crippen molar-refractivity contribution in [1.29, 1.82) is 0 Å². The summed E-state index contributed by atoms with van der Waals surface area (Å²) in [6, 6.07) is 18.4. The van der Waals surface area contributed by atoms with E-state index in [1.54, 1.807) is 0 Å². The van der Waals surface area contributed by atoms with Crippen LogP contribution < -0.4 is 18.9 Å². The highest BCUT2D eigenvalue weighted by Crippen LogP contribution is 2.44. The minimum atomic E-state index is -0.816. The van der Waals surface area contributed by atoms with E-state index in [9.17, 15) is 28.8 Å². The van der Waals surface area contributed by atoms with E-state index in [2.05, 4.69) is 25.8 Å². The summed E-state index contributed by atoms with van der Waals surface area (Å²) < 4.78 is 41.4. The van der Waals surface area contributed by atoms with Gasteiger partial charge < -0.3 is 37.9 Å². The summed E-state index contributed by atoms with van der Waals surface area (Å²) in [6.45, 7) is 5.84. The van der Waals surface area contributed by atoms with Gasteiger partial charge in [-0.2, -0.15) is 0 Å². The smallest absolute Gasteiger partial charge is 0.343 e. The van der Waals surface area contributed by atoms with Crippen molar-refractivity contribution in [2.45, 2.75) is 14.7 Å². The lowest BCUT2D eigenvalue weighted by Gasteiger charge is -2.16. The Balaban J connectivity index is 1.63. The molecule has 54 heavy (non-hydrogen) atoms. The maximum atomic E-state index is 13.3. The SMILES string of the molecule is C=CC(=O)OCOc1ccc(C(=O)Oc2ccc(C(=O)OC)cc2Sc2cc(C(=O)OC)cc(S)c2OC(=O)c2ccc(OCOC(=O)C=C)cc2)cc1. The number of rotatable bonds is 16. The highest BCUT2D eigenvalue weighted by Gasteiger charge is 2.23. The molecule has 278 valence electrons. The standard InChI is InChI=1S/C38H30O14S2/c1-5-32(39)49-20-47-26-12-7-22(8-13-26)37(43)51-28-16-11-24(35(41)45-3)18-30(28)54-31-19-25(36(42)46-4)17-29(53)34(31)52-38(44)23-9-14-27(15-10-23)48-21-50-33(40)6-2/h5-19,53H,1-2,20-21H2,3-4H3. The van der Waals surface area contributed by atoms with Gasteiger partial charge in [0.05, 0.1) is 46.3 Å². The molecular weight excluding hydrogens is 745 g/mol. The number of thiol groups is 1. The average molecular weight is 775 g/mol. The zero-order chi connectivity index (χ0) is 39.2. The summed E-state index contributed by atoms with van der Waals surface area (Å²) in [4.78, 5) is 74.5. The number of carbonyl (C=O) groups excluding carboxylic acids is 6. The van der Waals surface area contributed by atoms with Crippen LogP contribution in [0.15, 0.2) is 119 Å². The van der Waals surface area contributed by atoms with Gasteiger partial charge in [-0.3, -0.25) is 0 Å². The summed E-state index contributed by atoms with van der Waals surface area (Å²) >= 11 is 5.37. The number of esters is 6. The minimum absolute atomic E-state index is 0.00913. The van der Waals surface area contributed by atoms with Crippen LogP contribution in [0.5, 0.6) is 23.0 Å². The Kier molecular flexibility index (Phi) is 14.4. The number of hydrogen-bond acceptors (Lipinski definition) is 16. The fraction of sp³-hybridized carbons (Fsp3) is 0.105.